The molecule has 0 aliphatic carbocycles. The number of nitrogens with zero attached hydrogens (tertiary/aromatic N) is 2. The lowest BCUT2D eigenvalue weighted by Gasteiger charge is -2.35. The molecule has 0 aromatic heterocycles. The van der Waals surface area contributed by atoms with Gasteiger partial charge in [0.25, 0.3) is 0 Å². The van der Waals surface area contributed by atoms with Gasteiger partial charge in [-0.3, -0.25) is 13.9 Å². The van der Waals surface area contributed by atoms with Gasteiger partial charge in [-0.1, -0.05) is 54.6 Å². The van der Waals surface area contributed by atoms with E-state index in [0.717, 1.165) is 22.2 Å². The Morgan fingerprint density at radius 3 is 2.17 bits per heavy atom. The van der Waals surface area contributed by atoms with Crippen LogP contribution in [0.5, 0.6) is 5.75 Å². The third-order valence-electron chi connectivity index (χ3n) is 6.06. The second-order valence-corrected chi connectivity index (χ2v) is 12.4. The zero-order chi connectivity index (χ0) is 29.5. The molecule has 2 amide bonds. The highest BCUT2D eigenvalue weighted by atomic mass is 32.2. The normalized spacial score (nSPS) is 12.3. The van der Waals surface area contributed by atoms with Crippen LogP contribution in [0.25, 0.3) is 0 Å². The second kappa shape index (κ2) is 13.0. The zero-order valence-electron chi connectivity index (χ0n) is 23.4. The van der Waals surface area contributed by atoms with E-state index in [2.05, 4.69) is 5.32 Å². The molecule has 0 saturated carbocycles. The molecule has 0 unspecified atom stereocenters. The largest absolute Gasteiger partial charge is 0.497 e. The molecule has 0 aliphatic heterocycles. The molecule has 214 valence electrons. The van der Waals surface area contributed by atoms with Crippen LogP contribution in [-0.4, -0.2) is 56.6 Å². The summed E-state index contributed by atoms with van der Waals surface area (Å²) in [5.41, 5.74) is 0.640. The molecular formula is C30H36FN3O5S. The Morgan fingerprint density at radius 1 is 0.950 bits per heavy atom. The second-order valence-electron chi connectivity index (χ2n) is 10.5. The molecule has 1 N–H and O–H groups in total. The van der Waals surface area contributed by atoms with Crippen molar-refractivity contribution >= 4 is 27.5 Å². The molecule has 0 radical (unpaired) electrons. The van der Waals surface area contributed by atoms with Crippen molar-refractivity contribution in [2.75, 3.05) is 24.2 Å². The van der Waals surface area contributed by atoms with Gasteiger partial charge >= 0.3 is 0 Å². The maximum absolute atomic E-state index is 14.7. The summed E-state index contributed by atoms with van der Waals surface area (Å²) in [6, 6.07) is 20.6. The number of sulfonamides is 1. The maximum atomic E-state index is 14.7. The number of amides is 2. The van der Waals surface area contributed by atoms with Gasteiger partial charge in [-0.25, -0.2) is 12.8 Å². The third kappa shape index (κ3) is 8.54. The fraction of sp³-hybridized carbons (Fsp3) is 0.333. The first-order valence-corrected chi connectivity index (χ1v) is 14.6. The van der Waals surface area contributed by atoms with Crippen LogP contribution in [0.15, 0.2) is 78.9 Å². The van der Waals surface area contributed by atoms with E-state index < -0.39 is 45.8 Å². The highest BCUT2D eigenvalue weighted by Crippen LogP contribution is 2.24. The zero-order valence-corrected chi connectivity index (χ0v) is 24.2. The van der Waals surface area contributed by atoms with Crippen LogP contribution in [0, 0.1) is 5.82 Å². The standard InChI is InChI=1S/C30H36FN3O5S/c1-30(2,3)32-29(36)27(19-22-12-7-6-8-13-22)33(20-23-14-11-15-24(18-23)39-4)28(35)21-34(40(5,37)38)26-17-10-9-16-25(26)31/h6-18,27H,19-21H2,1-5H3,(H,32,36)/t27-/m0/s1. The van der Waals surface area contributed by atoms with Crippen molar-refractivity contribution in [2.24, 2.45) is 0 Å². The van der Waals surface area contributed by atoms with E-state index in [1.54, 1.807) is 24.3 Å². The Kier molecular flexibility index (Phi) is 9.92. The summed E-state index contributed by atoms with van der Waals surface area (Å²) in [5.74, 6) is -1.29. The Balaban J connectivity index is 2.10. The number of ether oxygens (including phenoxy) is 1. The average molecular weight is 570 g/mol. The van der Waals surface area contributed by atoms with Gasteiger partial charge in [0.1, 0.15) is 24.2 Å². The molecule has 0 heterocycles. The lowest BCUT2D eigenvalue weighted by atomic mass is 10.0. The van der Waals surface area contributed by atoms with Crippen molar-refractivity contribution in [2.45, 2.75) is 45.3 Å². The van der Waals surface area contributed by atoms with E-state index in [-0.39, 0.29) is 18.7 Å². The molecule has 0 saturated heterocycles. The van der Waals surface area contributed by atoms with Gasteiger partial charge in [0.15, 0.2) is 0 Å². The first-order chi connectivity index (χ1) is 18.8. The van der Waals surface area contributed by atoms with Crippen molar-refractivity contribution in [1.82, 2.24) is 10.2 Å². The molecule has 0 bridgehead atoms. The number of benzene rings is 3. The van der Waals surface area contributed by atoms with Gasteiger partial charge in [-0.05, 0) is 56.2 Å². The Morgan fingerprint density at radius 2 is 1.57 bits per heavy atom. The predicted octanol–water partition coefficient (Wildman–Crippen LogP) is 4.16. The van der Waals surface area contributed by atoms with Crippen LogP contribution in [0.4, 0.5) is 10.1 Å². The van der Waals surface area contributed by atoms with Crippen molar-refractivity contribution in [3.63, 3.8) is 0 Å². The molecule has 0 aliphatic rings. The number of carbonyl (C=O) groups excluding carboxylic acids is 2. The Labute approximate surface area is 235 Å². The number of para-hydroxylation sites is 1. The van der Waals surface area contributed by atoms with Gasteiger partial charge in [0.05, 0.1) is 19.1 Å². The lowest BCUT2D eigenvalue weighted by molar-refractivity contribution is -0.140. The minimum atomic E-state index is -4.06. The lowest BCUT2D eigenvalue weighted by Crippen LogP contribution is -2.56. The Hall–Kier alpha value is -3.92. The summed E-state index contributed by atoms with van der Waals surface area (Å²) in [4.78, 5) is 29.1. The SMILES string of the molecule is COc1cccc(CN(C(=O)CN(c2ccccc2F)S(C)(=O)=O)[C@@H](Cc2ccccc2)C(=O)NC(C)(C)C)c1. The monoisotopic (exact) mass is 569 g/mol. The molecular weight excluding hydrogens is 533 g/mol. The van der Waals surface area contributed by atoms with Crippen LogP contribution < -0.4 is 14.4 Å². The molecule has 1 atom stereocenters. The number of hydrogen-bond acceptors (Lipinski definition) is 5. The fourth-order valence-corrected chi connectivity index (χ4v) is 5.07. The number of nitrogens with one attached hydrogen (secondary N) is 1. The number of rotatable bonds is 11. The molecule has 40 heavy (non-hydrogen) atoms. The van der Waals surface area contributed by atoms with Crippen LogP contribution in [0.3, 0.4) is 0 Å². The molecule has 10 heteroatoms. The van der Waals surface area contributed by atoms with E-state index in [9.17, 15) is 22.4 Å². The predicted molar refractivity (Wildman–Crippen MR) is 154 cm³/mol. The van der Waals surface area contributed by atoms with E-state index in [0.29, 0.717) is 11.3 Å². The summed E-state index contributed by atoms with van der Waals surface area (Å²) in [7, 11) is -2.54. The van der Waals surface area contributed by atoms with E-state index >= 15 is 0 Å². The minimum Gasteiger partial charge on any atom is -0.497 e. The van der Waals surface area contributed by atoms with Crippen LogP contribution >= 0.6 is 0 Å². The van der Waals surface area contributed by atoms with Crippen LogP contribution in [-0.2, 0) is 32.6 Å². The van der Waals surface area contributed by atoms with E-state index in [4.69, 9.17) is 4.74 Å². The quantitative estimate of drug-likeness (QED) is 0.374. The van der Waals surface area contributed by atoms with Crippen LogP contribution in [0.1, 0.15) is 31.9 Å². The van der Waals surface area contributed by atoms with Crippen molar-refractivity contribution in [1.29, 1.82) is 0 Å². The number of anilines is 1. The highest BCUT2D eigenvalue weighted by molar-refractivity contribution is 7.92. The van der Waals surface area contributed by atoms with Gasteiger partial charge < -0.3 is 15.0 Å². The van der Waals surface area contributed by atoms with Gasteiger partial charge in [0.2, 0.25) is 21.8 Å². The highest BCUT2D eigenvalue weighted by Gasteiger charge is 2.34. The summed E-state index contributed by atoms with van der Waals surface area (Å²) in [6.07, 6.45) is 1.09. The maximum Gasteiger partial charge on any atom is 0.244 e. The average Bonchev–Trinajstić information content (AvgIpc) is 2.88. The first-order valence-electron chi connectivity index (χ1n) is 12.8. The molecule has 3 aromatic carbocycles. The van der Waals surface area contributed by atoms with Gasteiger partial charge in [0, 0.05) is 18.5 Å². The third-order valence-corrected chi connectivity index (χ3v) is 7.18. The van der Waals surface area contributed by atoms with Gasteiger partial charge in [-0.15, -0.1) is 0 Å². The fourth-order valence-electron chi connectivity index (χ4n) is 4.22. The Bertz CT molecular complexity index is 1420. The van der Waals surface area contributed by atoms with Crippen molar-refractivity contribution in [3.8, 4) is 5.75 Å². The van der Waals surface area contributed by atoms with Crippen molar-refractivity contribution < 1.29 is 27.1 Å². The number of carbonyl (C=O) groups is 2. The number of hydrogen-bond donors (Lipinski definition) is 1. The molecule has 3 aromatic rings. The topological polar surface area (TPSA) is 96.0 Å². The summed E-state index contributed by atoms with van der Waals surface area (Å²) >= 11 is 0. The smallest absolute Gasteiger partial charge is 0.244 e. The van der Waals surface area contributed by atoms with E-state index in [1.807, 2.05) is 51.1 Å². The van der Waals surface area contributed by atoms with Gasteiger partial charge in [-0.2, -0.15) is 0 Å². The van der Waals surface area contributed by atoms with E-state index in [1.165, 1.54) is 30.2 Å². The molecule has 8 nitrogen and oxygen atoms in total. The summed E-state index contributed by atoms with van der Waals surface area (Å²) in [5, 5.41) is 2.96. The summed E-state index contributed by atoms with van der Waals surface area (Å²) in [6.45, 7) is 4.80. The summed E-state index contributed by atoms with van der Waals surface area (Å²) < 4.78 is 46.3. The molecule has 0 spiro atoms. The van der Waals surface area contributed by atoms with Crippen molar-refractivity contribution in [3.05, 3.63) is 95.8 Å². The first kappa shape index (κ1) is 30.6. The number of halogens is 1. The minimum absolute atomic E-state index is 0.0139. The van der Waals surface area contributed by atoms with Crippen LogP contribution in [0.2, 0.25) is 0 Å². The molecule has 0 fully saturated rings. The molecule has 3 rings (SSSR count). The number of methoxy groups -OCH3 is 1.